The first-order valence-corrected chi connectivity index (χ1v) is 12.2. The van der Waals surface area contributed by atoms with E-state index >= 15 is 0 Å². The molecule has 1 heterocycles. The Balaban J connectivity index is 2.32. The Morgan fingerprint density at radius 3 is 2.22 bits per heavy atom. The number of nitrogens with one attached hydrogen (secondary N) is 2. The van der Waals surface area contributed by atoms with Crippen molar-refractivity contribution in [1.82, 2.24) is 5.32 Å². The largest absolute Gasteiger partial charge is 0.481 e. The number of amides is 2. The molecule has 0 fully saturated rings. The molecule has 9 nitrogen and oxygen atoms in total. The highest BCUT2D eigenvalue weighted by atomic mass is 19.1. The number of rotatable bonds is 9. The van der Waals surface area contributed by atoms with Crippen LogP contribution in [0, 0.1) is 5.92 Å². The fourth-order valence-electron chi connectivity index (χ4n) is 4.02. The number of nitrogens with zero attached hydrogens (tertiary/aromatic N) is 1. The molecular weight excluding hydrogens is 481 g/mol. The molecule has 1 aromatic carbocycles. The van der Waals surface area contributed by atoms with Gasteiger partial charge in [0.1, 0.15) is 18.4 Å². The molecule has 37 heavy (non-hydrogen) atoms. The third-order valence-corrected chi connectivity index (χ3v) is 6.47. The molecule has 0 aromatic heterocycles. The summed E-state index contributed by atoms with van der Waals surface area (Å²) in [5.74, 6) is -4.34. The van der Waals surface area contributed by atoms with Crippen molar-refractivity contribution >= 4 is 35.0 Å². The Kier molecular flexibility index (Phi) is 8.88. The van der Waals surface area contributed by atoms with Gasteiger partial charge in [-0.25, -0.2) is 4.39 Å². The average Bonchev–Trinajstić information content (AvgIpc) is 3.23. The van der Waals surface area contributed by atoms with E-state index in [1.165, 1.54) is 0 Å². The highest BCUT2D eigenvalue weighted by Crippen LogP contribution is 2.36. The van der Waals surface area contributed by atoms with Crippen LogP contribution < -0.4 is 10.6 Å². The first-order valence-electron chi connectivity index (χ1n) is 12.2. The molecule has 0 radical (unpaired) electrons. The van der Waals surface area contributed by atoms with Crippen LogP contribution in [0.1, 0.15) is 79.4 Å². The first-order chi connectivity index (χ1) is 16.9. The number of hydrogen-bond donors (Lipinski definition) is 3. The summed E-state index contributed by atoms with van der Waals surface area (Å²) in [6.45, 7) is 14.2. The summed E-state index contributed by atoms with van der Waals surface area (Å²) in [6, 6.07) is 4.38. The van der Waals surface area contributed by atoms with Crippen molar-refractivity contribution in [3.05, 3.63) is 29.3 Å². The number of benzene rings is 1. The zero-order chi connectivity index (χ0) is 28.3. The van der Waals surface area contributed by atoms with Gasteiger partial charge in [0.2, 0.25) is 5.60 Å². The molecule has 1 aliphatic heterocycles. The molecule has 2 amide bonds. The zero-order valence-corrected chi connectivity index (χ0v) is 22.8. The van der Waals surface area contributed by atoms with Crippen molar-refractivity contribution in [1.29, 1.82) is 0 Å². The van der Waals surface area contributed by atoms with Gasteiger partial charge in [-0.1, -0.05) is 72.7 Å². The van der Waals surface area contributed by atoms with Crippen molar-refractivity contribution in [3.8, 4) is 0 Å². The quantitative estimate of drug-likeness (QED) is 0.453. The third-order valence-electron chi connectivity index (χ3n) is 6.47. The van der Waals surface area contributed by atoms with E-state index in [4.69, 9.17) is 9.94 Å². The maximum Gasteiger partial charge on any atom is 0.305 e. The lowest BCUT2D eigenvalue weighted by Gasteiger charge is -2.30. The molecule has 2 atom stereocenters. The number of oxime groups is 1. The van der Waals surface area contributed by atoms with Crippen LogP contribution in [0.15, 0.2) is 23.4 Å². The van der Waals surface area contributed by atoms with E-state index in [-0.39, 0.29) is 23.0 Å². The number of carboxylic acids is 1. The third kappa shape index (κ3) is 6.93. The van der Waals surface area contributed by atoms with Crippen LogP contribution in [0.3, 0.4) is 0 Å². The Hall–Kier alpha value is -3.30. The minimum atomic E-state index is -1.67. The summed E-state index contributed by atoms with van der Waals surface area (Å²) in [5, 5.41) is 18.1. The number of hydrogen-bond acceptors (Lipinski definition) is 6. The van der Waals surface area contributed by atoms with E-state index in [9.17, 15) is 23.6 Å². The second-order valence-corrected chi connectivity index (χ2v) is 11.8. The minimum absolute atomic E-state index is 0.0310. The van der Waals surface area contributed by atoms with Crippen LogP contribution in [0.2, 0.25) is 0 Å². The summed E-state index contributed by atoms with van der Waals surface area (Å²) in [7, 11) is 0. The lowest BCUT2D eigenvalue weighted by molar-refractivity contribution is -0.152. The van der Waals surface area contributed by atoms with E-state index in [0.717, 1.165) is 11.1 Å². The van der Waals surface area contributed by atoms with Crippen LogP contribution >= 0.6 is 0 Å². The molecule has 2 unspecified atom stereocenters. The number of alkyl halides is 1. The van der Waals surface area contributed by atoms with E-state index < -0.39 is 54.2 Å². The van der Waals surface area contributed by atoms with Gasteiger partial charge in [-0.05, 0) is 28.0 Å². The molecular formula is C27H38FN3O6. The Morgan fingerprint density at radius 1 is 1.11 bits per heavy atom. The van der Waals surface area contributed by atoms with E-state index in [1.54, 1.807) is 13.8 Å². The first kappa shape index (κ1) is 29.9. The summed E-state index contributed by atoms with van der Waals surface area (Å²) >= 11 is 0. The lowest BCUT2D eigenvalue weighted by atomic mass is 9.81. The number of aliphatic carboxylic acids is 1. The highest BCUT2D eigenvalue weighted by molar-refractivity contribution is 6.44. The smallest absolute Gasteiger partial charge is 0.305 e. The molecule has 0 aliphatic carbocycles. The van der Waals surface area contributed by atoms with E-state index in [1.807, 2.05) is 39.0 Å². The van der Waals surface area contributed by atoms with Crippen molar-refractivity contribution in [2.24, 2.45) is 11.1 Å². The van der Waals surface area contributed by atoms with Gasteiger partial charge in [-0.15, -0.1) is 0 Å². The number of Topliss-reactive ketones (excluding diaryl/α,β-unsaturated/α-hetero) is 1. The second kappa shape index (κ2) is 11.0. The number of ketones is 1. The fraction of sp³-hybridized carbons (Fsp3) is 0.593. The maximum atomic E-state index is 13.3. The number of carbonyl (C=O) groups excluding carboxylic acids is 3. The standard InChI is InChI=1S/C27H38FN3O6/c1-15(2)27(24(36)30-19(12-22(33)34)21(32)14-28)13-20(31-37-27)23(35)29-18-11-16(25(3,4)5)9-10-17(18)26(6,7)8/h9-11,15,19H,12-14H2,1-8H3,(H,29,35)(H,30,36)(H,33,34). The predicted molar refractivity (Wildman–Crippen MR) is 138 cm³/mol. The normalized spacial score (nSPS) is 18.6. The predicted octanol–water partition coefficient (Wildman–Crippen LogP) is 3.89. The molecule has 204 valence electrons. The summed E-state index contributed by atoms with van der Waals surface area (Å²) in [5.41, 5.74) is 0.446. The molecule has 1 aromatic rings. The van der Waals surface area contributed by atoms with Crippen LogP contribution in [0.25, 0.3) is 0 Å². The Morgan fingerprint density at radius 2 is 1.73 bits per heavy atom. The van der Waals surface area contributed by atoms with Gasteiger partial charge in [0.25, 0.3) is 11.8 Å². The van der Waals surface area contributed by atoms with Crippen molar-refractivity contribution in [2.75, 3.05) is 12.0 Å². The Bertz CT molecular complexity index is 1100. The van der Waals surface area contributed by atoms with Crippen molar-refractivity contribution in [3.63, 3.8) is 0 Å². The molecule has 1 aliphatic rings. The van der Waals surface area contributed by atoms with Gasteiger partial charge in [0.05, 0.1) is 12.8 Å². The highest BCUT2D eigenvalue weighted by Gasteiger charge is 2.51. The summed E-state index contributed by atoms with van der Waals surface area (Å²) in [6.07, 6.45) is -0.994. The van der Waals surface area contributed by atoms with Gasteiger partial charge in [0.15, 0.2) is 5.78 Å². The van der Waals surface area contributed by atoms with Gasteiger partial charge in [0, 0.05) is 11.6 Å². The van der Waals surface area contributed by atoms with Gasteiger partial charge in [-0.3, -0.25) is 19.2 Å². The maximum absolute atomic E-state index is 13.3. The monoisotopic (exact) mass is 519 g/mol. The van der Waals surface area contributed by atoms with E-state index in [2.05, 4.69) is 36.6 Å². The average molecular weight is 520 g/mol. The van der Waals surface area contributed by atoms with E-state index in [0.29, 0.717) is 5.69 Å². The number of halogens is 1. The molecule has 10 heteroatoms. The van der Waals surface area contributed by atoms with Crippen LogP contribution in [-0.4, -0.2) is 52.7 Å². The molecule has 0 saturated carbocycles. The van der Waals surface area contributed by atoms with Crippen LogP contribution in [-0.2, 0) is 34.8 Å². The number of carboxylic acid groups (broad SMARTS) is 1. The molecule has 0 bridgehead atoms. The van der Waals surface area contributed by atoms with Gasteiger partial charge >= 0.3 is 5.97 Å². The van der Waals surface area contributed by atoms with Crippen molar-refractivity contribution in [2.45, 2.75) is 90.7 Å². The molecule has 0 spiro atoms. The number of anilines is 1. The molecule has 2 rings (SSSR count). The van der Waals surface area contributed by atoms with Crippen LogP contribution in [0.5, 0.6) is 0 Å². The minimum Gasteiger partial charge on any atom is -0.481 e. The summed E-state index contributed by atoms with van der Waals surface area (Å²) in [4.78, 5) is 54.9. The SMILES string of the molecule is CC(C)C1(C(=O)NC(CC(=O)O)C(=O)CF)CC(C(=O)Nc2cc(C(C)(C)C)ccc2C(C)(C)C)=NO1. The van der Waals surface area contributed by atoms with Crippen LogP contribution in [0.4, 0.5) is 10.1 Å². The summed E-state index contributed by atoms with van der Waals surface area (Å²) < 4.78 is 13.0. The molecule has 3 N–H and O–H groups in total. The van der Waals surface area contributed by atoms with Gasteiger partial charge in [-0.2, -0.15) is 0 Å². The zero-order valence-electron chi connectivity index (χ0n) is 22.8. The Labute approximate surface area is 217 Å². The lowest BCUT2D eigenvalue weighted by Crippen LogP contribution is -2.56. The topological polar surface area (TPSA) is 134 Å². The molecule has 0 saturated heterocycles. The van der Waals surface area contributed by atoms with Crippen molar-refractivity contribution < 1.29 is 33.5 Å². The number of carbonyl (C=O) groups is 4. The van der Waals surface area contributed by atoms with Gasteiger partial charge < -0.3 is 20.6 Å². The second-order valence-electron chi connectivity index (χ2n) is 11.8. The fourth-order valence-corrected chi connectivity index (χ4v) is 4.02.